The van der Waals surface area contributed by atoms with Crippen molar-refractivity contribution >= 4 is 21.7 Å². The van der Waals surface area contributed by atoms with Crippen LogP contribution in [0.4, 0.5) is 0 Å². The highest BCUT2D eigenvalue weighted by Crippen LogP contribution is 2.37. The fourth-order valence-corrected chi connectivity index (χ4v) is 5.07. The highest BCUT2D eigenvalue weighted by molar-refractivity contribution is 7.86. The molecule has 8 heteroatoms. The third-order valence-corrected chi connectivity index (χ3v) is 6.95. The number of rotatable bonds is 6. The van der Waals surface area contributed by atoms with Gasteiger partial charge in [0.15, 0.2) is 0 Å². The van der Waals surface area contributed by atoms with E-state index >= 15 is 0 Å². The molecule has 1 aliphatic rings. The normalized spacial score (nSPS) is 19.2. The van der Waals surface area contributed by atoms with E-state index in [4.69, 9.17) is 15.8 Å². The number of hydrogen-bond acceptors (Lipinski definition) is 6. The Hall–Kier alpha value is -1.64. The molecule has 1 fully saturated rings. The number of aromatic hydroxyl groups is 1. The van der Waals surface area contributed by atoms with Crippen LogP contribution in [0.15, 0.2) is 36.4 Å². The molecular weight excluding hydrogens is 438 g/mol. The maximum absolute atomic E-state index is 12.0. The lowest BCUT2D eigenvalue weighted by molar-refractivity contribution is -0.0465. The summed E-state index contributed by atoms with van der Waals surface area (Å²) in [7, 11) is -3.71. The van der Waals surface area contributed by atoms with Crippen molar-refractivity contribution in [2.45, 2.75) is 51.4 Å². The van der Waals surface area contributed by atoms with Gasteiger partial charge in [-0.1, -0.05) is 23.7 Å². The van der Waals surface area contributed by atoms with Crippen LogP contribution in [0.1, 0.15) is 48.1 Å². The number of benzene rings is 2. The quantitative estimate of drug-likeness (QED) is 0.623. The first kappa shape index (κ1) is 24.0. The summed E-state index contributed by atoms with van der Waals surface area (Å²) in [5.41, 5.74) is 1.92. The second kappa shape index (κ2) is 9.08. The van der Waals surface area contributed by atoms with E-state index in [1.807, 2.05) is 19.1 Å². The van der Waals surface area contributed by atoms with Gasteiger partial charge < -0.3 is 10.2 Å². The van der Waals surface area contributed by atoms with Crippen molar-refractivity contribution in [1.29, 1.82) is 0 Å². The van der Waals surface area contributed by atoms with Gasteiger partial charge in [0.25, 0.3) is 10.1 Å². The summed E-state index contributed by atoms with van der Waals surface area (Å²) in [6.07, 6.45) is 1.34. The first-order chi connectivity index (χ1) is 14.4. The fraction of sp³-hybridized carbons (Fsp3) is 0.478. The molecule has 31 heavy (non-hydrogen) atoms. The first-order valence-corrected chi connectivity index (χ1v) is 12.5. The van der Waals surface area contributed by atoms with E-state index in [1.165, 1.54) is 0 Å². The molecule has 2 aromatic carbocycles. The molecule has 0 amide bonds. The van der Waals surface area contributed by atoms with Crippen molar-refractivity contribution in [3.8, 4) is 5.75 Å². The number of aryl methyl sites for hydroxylation is 2. The Morgan fingerprint density at radius 3 is 2.10 bits per heavy atom. The third-order valence-electron chi connectivity index (χ3n) is 6.14. The molecule has 0 saturated carbocycles. The number of likely N-dealkylation sites (tertiary alicyclic amines) is 1. The smallest absolute Gasteiger partial charge is 0.265 e. The van der Waals surface area contributed by atoms with E-state index in [9.17, 15) is 18.6 Å². The van der Waals surface area contributed by atoms with Gasteiger partial charge in [-0.2, -0.15) is 8.42 Å². The molecule has 1 heterocycles. The van der Waals surface area contributed by atoms with Gasteiger partial charge in [-0.25, -0.2) is 0 Å². The van der Waals surface area contributed by atoms with Gasteiger partial charge in [0.05, 0.1) is 11.9 Å². The Kier molecular flexibility index (Phi) is 7.03. The Bertz CT molecular complexity index is 1010. The van der Waals surface area contributed by atoms with E-state index in [0.717, 1.165) is 11.8 Å². The fourth-order valence-electron chi connectivity index (χ4n) is 4.30. The average molecular weight is 468 g/mol. The van der Waals surface area contributed by atoms with E-state index in [1.54, 1.807) is 38.1 Å². The summed E-state index contributed by atoms with van der Waals surface area (Å²) in [6, 6.07) is 10.5. The van der Waals surface area contributed by atoms with Crippen molar-refractivity contribution in [2.75, 3.05) is 19.3 Å². The Balaban J connectivity index is 1.82. The average Bonchev–Trinajstić information content (AvgIpc) is 2.69. The maximum atomic E-state index is 12.0. The van der Waals surface area contributed by atoms with Crippen molar-refractivity contribution < 1.29 is 22.8 Å². The first-order valence-electron chi connectivity index (χ1n) is 10.3. The van der Waals surface area contributed by atoms with E-state index in [2.05, 4.69) is 4.90 Å². The molecule has 0 aliphatic carbocycles. The van der Waals surface area contributed by atoms with E-state index in [0.29, 0.717) is 47.6 Å². The zero-order valence-corrected chi connectivity index (χ0v) is 19.9. The number of aliphatic hydroxyl groups is 1. The zero-order chi connectivity index (χ0) is 23.0. The van der Waals surface area contributed by atoms with Gasteiger partial charge in [0.2, 0.25) is 0 Å². The molecule has 3 rings (SSSR count). The topological polar surface area (TPSA) is 87.1 Å². The van der Waals surface area contributed by atoms with Gasteiger partial charge >= 0.3 is 0 Å². The molecule has 0 radical (unpaired) electrons. The largest absolute Gasteiger partial charge is 0.507 e. The van der Waals surface area contributed by atoms with Crippen molar-refractivity contribution in [2.24, 2.45) is 0 Å². The van der Waals surface area contributed by atoms with Crippen LogP contribution in [-0.2, 0) is 19.9 Å². The lowest BCUT2D eigenvalue weighted by Gasteiger charge is -2.43. The number of piperidine rings is 1. The summed E-state index contributed by atoms with van der Waals surface area (Å²) in [5.74, 6) is 0.195. The summed E-state index contributed by atoms with van der Waals surface area (Å²) in [6.45, 7) is 6.65. The molecule has 1 aliphatic heterocycles. The van der Waals surface area contributed by atoms with Crippen LogP contribution >= 0.6 is 11.6 Å². The van der Waals surface area contributed by atoms with Gasteiger partial charge in [-0.15, -0.1) is 0 Å². The molecule has 0 aromatic heterocycles. The minimum Gasteiger partial charge on any atom is -0.507 e. The molecule has 0 spiro atoms. The predicted molar refractivity (Wildman–Crippen MR) is 122 cm³/mol. The zero-order valence-electron chi connectivity index (χ0n) is 18.3. The monoisotopic (exact) mass is 467 g/mol. The number of nitrogens with zero attached hydrogens (tertiary/aromatic N) is 1. The summed E-state index contributed by atoms with van der Waals surface area (Å²) in [4.78, 5) is 2.14. The number of phenolic OH excluding ortho intramolecular Hbond substituents is 1. The van der Waals surface area contributed by atoms with Crippen LogP contribution < -0.4 is 0 Å². The Morgan fingerprint density at radius 2 is 1.61 bits per heavy atom. The van der Waals surface area contributed by atoms with E-state index < -0.39 is 21.8 Å². The van der Waals surface area contributed by atoms with Crippen LogP contribution in [0.2, 0.25) is 5.02 Å². The van der Waals surface area contributed by atoms with Crippen LogP contribution in [0.3, 0.4) is 0 Å². The van der Waals surface area contributed by atoms with E-state index in [-0.39, 0.29) is 11.8 Å². The minimum atomic E-state index is -3.71. The van der Waals surface area contributed by atoms with Gasteiger partial charge in [-0.05, 0) is 80.1 Å². The van der Waals surface area contributed by atoms with Crippen LogP contribution in [0.25, 0.3) is 0 Å². The second-order valence-corrected chi connectivity index (χ2v) is 10.6. The maximum Gasteiger partial charge on any atom is 0.265 e. The number of phenols is 1. The predicted octanol–water partition coefficient (Wildman–Crippen LogP) is 4.05. The molecule has 2 atom stereocenters. The van der Waals surface area contributed by atoms with Crippen LogP contribution in [0, 0.1) is 13.8 Å². The molecule has 0 unspecified atom stereocenters. The second-order valence-electron chi connectivity index (χ2n) is 8.54. The lowest BCUT2D eigenvalue weighted by atomic mass is 9.83. The molecule has 0 bridgehead atoms. The van der Waals surface area contributed by atoms with Crippen molar-refractivity contribution in [1.82, 2.24) is 4.90 Å². The molecule has 2 N–H and O–H groups in total. The minimum absolute atomic E-state index is 0.195. The lowest BCUT2D eigenvalue weighted by Crippen LogP contribution is -2.48. The third kappa shape index (κ3) is 5.59. The van der Waals surface area contributed by atoms with Gasteiger partial charge in [-0.3, -0.25) is 9.08 Å². The SMILES string of the molecule is Cc1cc([C@@H](OS(C)(=O)=O)[C@@H](C)N2CCC(O)(c3ccc(Cl)cc3)CC2)cc(C)c1O. The molecule has 2 aromatic rings. The highest BCUT2D eigenvalue weighted by atomic mass is 35.5. The van der Waals surface area contributed by atoms with Crippen molar-refractivity contribution in [3.05, 3.63) is 63.7 Å². The molecule has 170 valence electrons. The summed E-state index contributed by atoms with van der Waals surface area (Å²) < 4.78 is 29.5. The number of hydrogen-bond donors (Lipinski definition) is 2. The van der Waals surface area contributed by atoms with Crippen molar-refractivity contribution in [3.63, 3.8) is 0 Å². The summed E-state index contributed by atoms with van der Waals surface area (Å²) >= 11 is 5.97. The highest BCUT2D eigenvalue weighted by Gasteiger charge is 2.38. The summed E-state index contributed by atoms with van der Waals surface area (Å²) in [5, 5.41) is 21.9. The van der Waals surface area contributed by atoms with Gasteiger partial charge in [0.1, 0.15) is 11.9 Å². The molecular formula is C23H30ClNO5S. The molecule has 1 saturated heterocycles. The Labute approximate surface area is 189 Å². The standard InChI is InChI=1S/C23H30ClNO5S/c1-15-13-18(14-16(2)21(15)26)22(30-31(4,28)29)17(3)25-11-9-23(27,10-12-25)19-5-7-20(24)8-6-19/h5-8,13-14,17,22,26-27H,9-12H2,1-4H3/t17-,22+/m1/s1. The van der Waals surface area contributed by atoms with Gasteiger partial charge in [0, 0.05) is 24.2 Å². The molecule has 6 nitrogen and oxygen atoms in total. The van der Waals surface area contributed by atoms with Crippen LogP contribution in [-0.4, -0.2) is 48.9 Å². The van der Waals surface area contributed by atoms with Crippen LogP contribution in [0.5, 0.6) is 5.75 Å². The Morgan fingerprint density at radius 1 is 1.10 bits per heavy atom. The number of halogens is 1.